The predicted octanol–water partition coefficient (Wildman–Crippen LogP) is 3.68. The van der Waals surface area contributed by atoms with Crippen molar-refractivity contribution in [2.45, 2.75) is 0 Å². The first-order valence-electron chi connectivity index (χ1n) is 6.87. The number of hydrogen-bond acceptors (Lipinski definition) is 5. The molecule has 0 atom stereocenters. The minimum Gasteiger partial charge on any atom is -0.465 e. The zero-order valence-electron chi connectivity index (χ0n) is 12.3. The van der Waals surface area contributed by atoms with Crippen molar-refractivity contribution in [1.29, 1.82) is 5.26 Å². The van der Waals surface area contributed by atoms with E-state index >= 15 is 0 Å². The first-order chi connectivity index (χ1) is 11.2. The largest absolute Gasteiger partial charge is 0.465 e. The molecular formula is C18H12N2O3. The lowest BCUT2D eigenvalue weighted by atomic mass is 10.1. The Morgan fingerprint density at radius 1 is 1.22 bits per heavy atom. The van der Waals surface area contributed by atoms with Crippen LogP contribution in [-0.2, 0) is 4.74 Å². The molecule has 0 N–H and O–H groups in total. The van der Waals surface area contributed by atoms with Gasteiger partial charge in [-0.15, -0.1) is 0 Å². The molecule has 0 spiro atoms. The van der Waals surface area contributed by atoms with E-state index in [1.54, 1.807) is 36.4 Å². The van der Waals surface area contributed by atoms with Gasteiger partial charge in [0, 0.05) is 0 Å². The highest BCUT2D eigenvalue weighted by Gasteiger charge is 2.11. The Morgan fingerprint density at radius 3 is 2.61 bits per heavy atom. The van der Waals surface area contributed by atoms with E-state index < -0.39 is 5.97 Å². The number of nitrogens with zero attached hydrogens (tertiary/aromatic N) is 2. The SMILES string of the molecule is COC(=O)c1ccc(/C=C(\C#N)c2nc3ccccc3o2)cc1. The molecule has 5 heteroatoms. The summed E-state index contributed by atoms with van der Waals surface area (Å²) in [5.74, 6) is -0.134. The fourth-order valence-corrected chi connectivity index (χ4v) is 2.13. The van der Waals surface area contributed by atoms with E-state index in [0.29, 0.717) is 22.2 Å². The Bertz CT molecular complexity index is 898. The number of carbonyl (C=O) groups is 1. The molecule has 0 fully saturated rings. The number of nitriles is 1. The van der Waals surface area contributed by atoms with Crippen molar-refractivity contribution in [2.24, 2.45) is 0 Å². The lowest BCUT2D eigenvalue weighted by Crippen LogP contribution is -2.00. The van der Waals surface area contributed by atoms with Crippen molar-refractivity contribution in [2.75, 3.05) is 7.11 Å². The monoisotopic (exact) mass is 304 g/mol. The Kier molecular flexibility index (Phi) is 3.89. The summed E-state index contributed by atoms with van der Waals surface area (Å²) in [6, 6.07) is 16.1. The molecule has 0 saturated heterocycles. The molecule has 5 nitrogen and oxygen atoms in total. The normalized spacial score (nSPS) is 11.2. The molecule has 112 valence electrons. The number of para-hydroxylation sites is 2. The number of rotatable bonds is 3. The molecule has 0 bridgehead atoms. The molecule has 3 rings (SSSR count). The minimum absolute atomic E-state index is 0.269. The van der Waals surface area contributed by atoms with Crippen LogP contribution < -0.4 is 0 Å². The lowest BCUT2D eigenvalue weighted by molar-refractivity contribution is 0.0600. The maximum Gasteiger partial charge on any atom is 0.337 e. The molecule has 0 aliphatic rings. The van der Waals surface area contributed by atoms with Crippen LogP contribution in [0.15, 0.2) is 52.9 Å². The van der Waals surface area contributed by atoms with Gasteiger partial charge in [0.2, 0.25) is 5.89 Å². The second-order valence-electron chi connectivity index (χ2n) is 4.77. The number of allylic oxidation sites excluding steroid dienone is 1. The van der Waals surface area contributed by atoms with E-state index in [1.807, 2.05) is 18.2 Å². The highest BCUT2D eigenvalue weighted by atomic mass is 16.5. The van der Waals surface area contributed by atoms with Gasteiger partial charge >= 0.3 is 5.97 Å². The van der Waals surface area contributed by atoms with Crippen LogP contribution in [0.5, 0.6) is 0 Å². The highest BCUT2D eigenvalue weighted by Crippen LogP contribution is 2.22. The summed E-state index contributed by atoms with van der Waals surface area (Å²) in [7, 11) is 1.33. The maximum atomic E-state index is 11.4. The van der Waals surface area contributed by atoms with Gasteiger partial charge in [-0.25, -0.2) is 9.78 Å². The molecule has 0 aliphatic carbocycles. The summed E-state index contributed by atoms with van der Waals surface area (Å²) in [5.41, 5.74) is 2.85. The van der Waals surface area contributed by atoms with Gasteiger partial charge in [-0.3, -0.25) is 0 Å². The van der Waals surface area contributed by atoms with Crippen molar-refractivity contribution >= 4 is 28.7 Å². The lowest BCUT2D eigenvalue weighted by Gasteiger charge is -1.99. The van der Waals surface area contributed by atoms with Crippen LogP contribution in [0.1, 0.15) is 21.8 Å². The van der Waals surface area contributed by atoms with Gasteiger partial charge in [-0.2, -0.15) is 5.26 Å². The zero-order chi connectivity index (χ0) is 16.2. The van der Waals surface area contributed by atoms with Crippen LogP contribution in [0.25, 0.3) is 22.7 Å². The third-order valence-electron chi connectivity index (χ3n) is 3.29. The number of esters is 1. The molecule has 23 heavy (non-hydrogen) atoms. The molecule has 2 aromatic carbocycles. The van der Waals surface area contributed by atoms with Gasteiger partial charge in [0.1, 0.15) is 17.2 Å². The minimum atomic E-state index is -0.403. The summed E-state index contributed by atoms with van der Waals surface area (Å²) >= 11 is 0. The highest BCUT2D eigenvalue weighted by molar-refractivity contribution is 5.91. The summed E-state index contributed by atoms with van der Waals surface area (Å²) in [6.45, 7) is 0. The van der Waals surface area contributed by atoms with Gasteiger partial charge in [-0.1, -0.05) is 24.3 Å². The maximum absolute atomic E-state index is 11.4. The average Bonchev–Trinajstić information content (AvgIpc) is 3.03. The van der Waals surface area contributed by atoms with Gasteiger partial charge in [-0.05, 0) is 35.9 Å². The predicted molar refractivity (Wildman–Crippen MR) is 85.3 cm³/mol. The molecular weight excluding hydrogens is 292 g/mol. The van der Waals surface area contributed by atoms with Crippen molar-refractivity contribution < 1.29 is 13.9 Å². The van der Waals surface area contributed by atoms with E-state index in [4.69, 9.17) is 4.42 Å². The molecule has 1 heterocycles. The fourth-order valence-electron chi connectivity index (χ4n) is 2.13. The van der Waals surface area contributed by atoms with Gasteiger partial charge in [0.05, 0.1) is 12.7 Å². The van der Waals surface area contributed by atoms with Crippen molar-refractivity contribution in [3.63, 3.8) is 0 Å². The van der Waals surface area contributed by atoms with Crippen LogP contribution in [0, 0.1) is 11.3 Å². The molecule has 0 aliphatic heterocycles. The van der Waals surface area contributed by atoms with Crippen molar-refractivity contribution in [1.82, 2.24) is 4.98 Å². The molecule has 0 amide bonds. The Labute approximate surface area is 132 Å². The summed E-state index contributed by atoms with van der Waals surface area (Å²) in [4.78, 5) is 15.7. The Balaban J connectivity index is 1.95. The van der Waals surface area contributed by atoms with Gasteiger partial charge < -0.3 is 9.15 Å². The number of hydrogen-bond donors (Lipinski definition) is 0. The molecule has 0 saturated carbocycles. The topological polar surface area (TPSA) is 76.1 Å². The second kappa shape index (κ2) is 6.16. The first kappa shape index (κ1) is 14.5. The van der Waals surface area contributed by atoms with Crippen LogP contribution in [0.4, 0.5) is 0 Å². The van der Waals surface area contributed by atoms with Gasteiger partial charge in [0.25, 0.3) is 0 Å². The number of aromatic nitrogens is 1. The number of oxazole rings is 1. The quantitative estimate of drug-likeness (QED) is 0.545. The van der Waals surface area contributed by atoms with Crippen LogP contribution >= 0.6 is 0 Å². The van der Waals surface area contributed by atoms with E-state index in [9.17, 15) is 10.1 Å². The Hall–Kier alpha value is -3.39. The number of fused-ring (bicyclic) bond motifs is 1. The zero-order valence-corrected chi connectivity index (χ0v) is 12.3. The van der Waals surface area contributed by atoms with E-state index in [-0.39, 0.29) is 5.89 Å². The number of ether oxygens (including phenoxy) is 1. The van der Waals surface area contributed by atoms with Crippen LogP contribution in [0.2, 0.25) is 0 Å². The number of carbonyl (C=O) groups excluding carboxylic acids is 1. The van der Waals surface area contributed by atoms with Gasteiger partial charge in [0.15, 0.2) is 5.58 Å². The third kappa shape index (κ3) is 2.97. The Morgan fingerprint density at radius 2 is 1.96 bits per heavy atom. The smallest absolute Gasteiger partial charge is 0.337 e. The van der Waals surface area contributed by atoms with E-state index in [1.165, 1.54) is 7.11 Å². The molecule has 1 aromatic heterocycles. The van der Waals surface area contributed by atoms with E-state index in [0.717, 1.165) is 5.56 Å². The fraction of sp³-hybridized carbons (Fsp3) is 0.0556. The molecule has 3 aromatic rings. The third-order valence-corrected chi connectivity index (χ3v) is 3.29. The van der Waals surface area contributed by atoms with Crippen molar-refractivity contribution in [3.05, 3.63) is 65.5 Å². The van der Waals surface area contributed by atoms with Crippen LogP contribution in [-0.4, -0.2) is 18.1 Å². The second-order valence-corrected chi connectivity index (χ2v) is 4.77. The number of methoxy groups -OCH3 is 1. The summed E-state index contributed by atoms with van der Waals surface area (Å²) in [6.07, 6.45) is 1.66. The average molecular weight is 304 g/mol. The van der Waals surface area contributed by atoms with Crippen LogP contribution in [0.3, 0.4) is 0 Å². The van der Waals surface area contributed by atoms with Crippen molar-refractivity contribution in [3.8, 4) is 6.07 Å². The summed E-state index contributed by atoms with van der Waals surface area (Å²) < 4.78 is 10.2. The molecule has 0 radical (unpaired) electrons. The number of benzene rings is 2. The molecule has 0 unspecified atom stereocenters. The first-order valence-corrected chi connectivity index (χ1v) is 6.87. The van der Waals surface area contributed by atoms with E-state index in [2.05, 4.69) is 15.8 Å². The summed E-state index contributed by atoms with van der Waals surface area (Å²) in [5, 5.41) is 9.35. The standard InChI is InChI=1S/C18H12N2O3/c1-22-18(21)13-8-6-12(7-9-13)10-14(11-19)17-20-15-4-2-3-5-16(15)23-17/h2-10H,1H3/b14-10+.